The van der Waals surface area contributed by atoms with Crippen LogP contribution >= 0.6 is 0 Å². The number of nitrogens with two attached hydrogens (primary N) is 1. The van der Waals surface area contributed by atoms with Gasteiger partial charge in [-0.1, -0.05) is 0 Å². The van der Waals surface area contributed by atoms with E-state index in [4.69, 9.17) is 15.2 Å². The summed E-state index contributed by atoms with van der Waals surface area (Å²) in [5.41, 5.74) is 8.31. The van der Waals surface area contributed by atoms with Gasteiger partial charge < -0.3 is 25.4 Å². The summed E-state index contributed by atoms with van der Waals surface area (Å²) in [4.78, 5) is 19.2. The highest BCUT2D eigenvalue weighted by atomic mass is 16.5. The van der Waals surface area contributed by atoms with Gasteiger partial charge in [0.05, 0.1) is 19.3 Å². The molecule has 0 bridgehead atoms. The zero-order valence-corrected chi connectivity index (χ0v) is 17.6. The highest BCUT2D eigenvalue weighted by Crippen LogP contribution is 2.22. The third kappa shape index (κ3) is 4.95. The Balaban J connectivity index is 1.44. The molecule has 9 heteroatoms. The molecule has 0 aliphatic carbocycles. The van der Waals surface area contributed by atoms with E-state index in [9.17, 15) is 4.79 Å². The monoisotopic (exact) mass is 422 g/mol. The van der Waals surface area contributed by atoms with Crippen LogP contribution in [0.5, 0.6) is 5.75 Å². The van der Waals surface area contributed by atoms with Gasteiger partial charge in [0, 0.05) is 30.0 Å². The maximum atomic E-state index is 12.8. The molecule has 2 heterocycles. The lowest BCUT2D eigenvalue weighted by molar-refractivity contribution is 0.0948. The Morgan fingerprint density at radius 1 is 1.10 bits per heavy atom. The minimum absolute atomic E-state index is 0.0138. The fraction of sp³-hybridized carbons (Fsp3) is 0.318. The first-order chi connectivity index (χ1) is 15.0. The predicted octanol–water partition coefficient (Wildman–Crippen LogP) is 2.92. The number of hydrogen-bond acceptors (Lipinski definition) is 8. The number of carbonyl (C=O) groups excluding carboxylic acids is 1. The smallest absolute Gasteiger partial charge is 0.281 e. The first kappa shape index (κ1) is 20.7. The topological polar surface area (TPSA) is 108 Å². The molecule has 0 radical (unpaired) electrons. The molecule has 4 rings (SSSR count). The van der Waals surface area contributed by atoms with E-state index in [0.717, 1.165) is 42.4 Å². The van der Waals surface area contributed by atoms with Crippen LogP contribution in [0, 0.1) is 0 Å². The number of ether oxygens (including phenoxy) is 2. The molecule has 2 aromatic carbocycles. The zero-order valence-electron chi connectivity index (χ0n) is 17.6. The lowest BCUT2D eigenvalue weighted by Crippen LogP contribution is -2.36. The second-order valence-electron chi connectivity index (χ2n) is 7.47. The first-order valence-corrected chi connectivity index (χ1v) is 10.2. The van der Waals surface area contributed by atoms with Crippen LogP contribution < -0.4 is 20.7 Å². The van der Waals surface area contributed by atoms with Gasteiger partial charge >= 0.3 is 0 Å². The van der Waals surface area contributed by atoms with Gasteiger partial charge in [-0.25, -0.2) is 0 Å². The zero-order chi connectivity index (χ0) is 21.8. The number of rotatable bonds is 6. The molecular formula is C22H26N6O3. The van der Waals surface area contributed by atoms with Crippen molar-refractivity contribution in [3.63, 3.8) is 0 Å². The molecule has 1 aromatic heterocycles. The number of aromatic nitrogens is 3. The summed E-state index contributed by atoms with van der Waals surface area (Å²) in [5.74, 6) is 0.600. The minimum Gasteiger partial charge on any atom is -0.491 e. The molecule has 3 N–H and O–H groups in total. The van der Waals surface area contributed by atoms with Crippen molar-refractivity contribution >= 4 is 29.2 Å². The van der Waals surface area contributed by atoms with Gasteiger partial charge in [0.15, 0.2) is 0 Å². The Bertz CT molecular complexity index is 1020. The molecule has 162 valence electrons. The molecule has 1 saturated heterocycles. The van der Waals surface area contributed by atoms with E-state index in [0.29, 0.717) is 11.3 Å². The Morgan fingerprint density at radius 2 is 1.77 bits per heavy atom. The summed E-state index contributed by atoms with van der Waals surface area (Å²) in [6.07, 6.45) is 0.0593. The highest BCUT2D eigenvalue weighted by Gasteiger charge is 2.17. The molecule has 3 aromatic rings. The Labute approximate surface area is 180 Å². The average molecular weight is 422 g/mol. The van der Waals surface area contributed by atoms with Crippen LogP contribution in [0.25, 0.3) is 0 Å². The molecular weight excluding hydrogens is 396 g/mol. The molecule has 0 atom stereocenters. The second-order valence-corrected chi connectivity index (χ2v) is 7.47. The average Bonchev–Trinajstić information content (AvgIpc) is 3.14. The molecule has 0 spiro atoms. The molecule has 0 amide bonds. The van der Waals surface area contributed by atoms with Crippen LogP contribution in [0.15, 0.2) is 48.5 Å². The number of nitrogens with one attached hydrogen (secondary N) is 1. The van der Waals surface area contributed by atoms with Gasteiger partial charge in [0.1, 0.15) is 5.75 Å². The van der Waals surface area contributed by atoms with Crippen LogP contribution in [-0.2, 0) is 4.74 Å². The highest BCUT2D eigenvalue weighted by molar-refractivity contribution is 5.97. The van der Waals surface area contributed by atoms with Crippen molar-refractivity contribution < 1.29 is 14.3 Å². The largest absolute Gasteiger partial charge is 0.491 e. The minimum atomic E-state index is -0.364. The van der Waals surface area contributed by atoms with Gasteiger partial charge in [-0.05, 0) is 62.4 Å². The van der Waals surface area contributed by atoms with Crippen molar-refractivity contribution in [3.05, 3.63) is 54.1 Å². The Morgan fingerprint density at radius 3 is 2.42 bits per heavy atom. The molecule has 31 heavy (non-hydrogen) atoms. The summed E-state index contributed by atoms with van der Waals surface area (Å²) in [7, 11) is 0. The van der Waals surface area contributed by atoms with E-state index in [1.165, 1.54) is 0 Å². The summed E-state index contributed by atoms with van der Waals surface area (Å²) >= 11 is 0. The molecule has 9 nitrogen and oxygen atoms in total. The van der Waals surface area contributed by atoms with E-state index in [2.05, 4.69) is 20.3 Å². The number of carbonyl (C=O) groups is 1. The molecule has 1 aliphatic heterocycles. The number of hydrogen-bond donors (Lipinski definition) is 2. The number of anilines is 4. The first-order valence-electron chi connectivity index (χ1n) is 10.2. The lowest BCUT2D eigenvalue weighted by Gasteiger charge is -2.28. The third-order valence-corrected chi connectivity index (χ3v) is 4.80. The van der Waals surface area contributed by atoms with E-state index in [1.807, 2.05) is 38.1 Å². The second kappa shape index (κ2) is 9.05. The van der Waals surface area contributed by atoms with Gasteiger partial charge in [-0.2, -0.15) is 9.67 Å². The number of benzene rings is 2. The molecule has 1 aliphatic rings. The van der Waals surface area contributed by atoms with Crippen molar-refractivity contribution in [2.75, 3.05) is 42.3 Å². The van der Waals surface area contributed by atoms with E-state index < -0.39 is 0 Å². The fourth-order valence-corrected chi connectivity index (χ4v) is 3.30. The maximum Gasteiger partial charge on any atom is 0.281 e. The normalized spacial score (nSPS) is 14.0. The van der Waals surface area contributed by atoms with Crippen molar-refractivity contribution in [3.8, 4) is 5.75 Å². The Kier molecular flexibility index (Phi) is 6.03. The van der Waals surface area contributed by atoms with Crippen molar-refractivity contribution in [2.45, 2.75) is 20.0 Å². The SMILES string of the molecule is CC(C)Oc1ccc(C(=O)n2nc(Nc3ccc(N4CCOCC4)cc3)nc2N)cc1. The summed E-state index contributed by atoms with van der Waals surface area (Å²) < 4.78 is 12.1. The quantitative estimate of drug-likeness (QED) is 0.624. The summed E-state index contributed by atoms with van der Waals surface area (Å²) in [6, 6.07) is 14.8. The number of morpholine rings is 1. The summed E-state index contributed by atoms with van der Waals surface area (Å²) in [6.45, 7) is 7.12. The number of nitrogen functional groups attached to an aromatic ring is 1. The van der Waals surface area contributed by atoms with Gasteiger partial charge in [0.2, 0.25) is 11.9 Å². The molecule has 0 saturated carbocycles. The van der Waals surface area contributed by atoms with Crippen LogP contribution in [0.1, 0.15) is 24.2 Å². The standard InChI is InChI=1S/C22H26N6O3/c1-15(2)31-19-9-3-16(4-10-19)20(29)28-21(23)25-22(26-28)24-17-5-7-18(8-6-17)27-11-13-30-14-12-27/h3-10,15H,11-14H2,1-2H3,(H3,23,24,25,26). The van der Waals surface area contributed by atoms with Crippen molar-refractivity contribution in [1.29, 1.82) is 0 Å². The van der Waals surface area contributed by atoms with Crippen molar-refractivity contribution in [1.82, 2.24) is 14.8 Å². The van der Waals surface area contributed by atoms with Gasteiger partial charge in [-0.15, -0.1) is 5.10 Å². The van der Waals surface area contributed by atoms with Crippen molar-refractivity contribution in [2.24, 2.45) is 0 Å². The van der Waals surface area contributed by atoms with Gasteiger partial charge in [-0.3, -0.25) is 4.79 Å². The molecule has 0 unspecified atom stereocenters. The van der Waals surface area contributed by atoms with E-state index in [-0.39, 0.29) is 23.9 Å². The van der Waals surface area contributed by atoms with Gasteiger partial charge in [0.25, 0.3) is 5.91 Å². The maximum absolute atomic E-state index is 12.8. The van der Waals surface area contributed by atoms with Crippen LogP contribution in [0.4, 0.5) is 23.3 Å². The Hall–Kier alpha value is -3.59. The lowest BCUT2D eigenvalue weighted by atomic mass is 10.2. The fourth-order valence-electron chi connectivity index (χ4n) is 3.30. The van der Waals surface area contributed by atoms with E-state index >= 15 is 0 Å². The summed E-state index contributed by atoms with van der Waals surface area (Å²) in [5, 5.41) is 7.32. The van der Waals surface area contributed by atoms with Crippen LogP contribution in [0.3, 0.4) is 0 Å². The van der Waals surface area contributed by atoms with Crippen LogP contribution in [0.2, 0.25) is 0 Å². The van der Waals surface area contributed by atoms with E-state index in [1.54, 1.807) is 24.3 Å². The molecule has 1 fully saturated rings. The van der Waals surface area contributed by atoms with Crippen LogP contribution in [-0.4, -0.2) is 53.1 Å². The number of nitrogens with zero attached hydrogens (tertiary/aromatic N) is 4. The third-order valence-electron chi connectivity index (χ3n) is 4.80. The predicted molar refractivity (Wildman–Crippen MR) is 119 cm³/mol.